The lowest BCUT2D eigenvalue weighted by Crippen LogP contribution is -2.59. The van der Waals surface area contributed by atoms with Gasteiger partial charge in [-0.05, 0) is 26.3 Å². The minimum atomic E-state index is -0.917. The van der Waals surface area contributed by atoms with Crippen LogP contribution in [0.5, 0.6) is 0 Å². The molecule has 0 aliphatic carbocycles. The summed E-state index contributed by atoms with van der Waals surface area (Å²) in [7, 11) is 1.25. The van der Waals surface area contributed by atoms with Crippen LogP contribution in [0, 0.1) is 5.41 Å². The lowest BCUT2D eigenvalue weighted by Gasteiger charge is -2.38. The first-order valence-electron chi connectivity index (χ1n) is 8.75. The second-order valence-electron chi connectivity index (χ2n) is 7.29. The zero-order valence-corrected chi connectivity index (χ0v) is 16.1. The van der Waals surface area contributed by atoms with Crippen LogP contribution in [-0.2, 0) is 30.5 Å². The number of hydrogen-bond acceptors (Lipinski definition) is 7. The summed E-state index contributed by atoms with van der Waals surface area (Å²) >= 11 is 0. The molecule has 1 aliphatic heterocycles. The number of rotatable bonds is 4. The number of hydrogen-bond donors (Lipinski definition) is 0. The summed E-state index contributed by atoms with van der Waals surface area (Å²) in [5.41, 5.74) is 0.171. The molecule has 0 spiro atoms. The van der Waals surface area contributed by atoms with Gasteiger partial charge in [0.15, 0.2) is 0 Å². The molecule has 1 aliphatic rings. The molecule has 8 nitrogen and oxygen atoms in total. The van der Waals surface area contributed by atoms with Crippen molar-refractivity contribution >= 4 is 18.0 Å². The maximum absolute atomic E-state index is 12.5. The van der Waals surface area contributed by atoms with E-state index in [1.54, 1.807) is 20.8 Å². The van der Waals surface area contributed by atoms with E-state index < -0.39 is 29.5 Å². The van der Waals surface area contributed by atoms with Gasteiger partial charge in [-0.3, -0.25) is 4.90 Å². The van der Waals surface area contributed by atoms with Crippen molar-refractivity contribution < 1.29 is 28.7 Å². The first-order valence-corrected chi connectivity index (χ1v) is 8.75. The fourth-order valence-electron chi connectivity index (χ4n) is 2.45. The van der Waals surface area contributed by atoms with E-state index in [0.29, 0.717) is 0 Å². The minimum Gasteiger partial charge on any atom is -0.467 e. The Labute approximate surface area is 158 Å². The Bertz CT molecular complexity index is 671. The zero-order valence-electron chi connectivity index (χ0n) is 16.1. The van der Waals surface area contributed by atoms with E-state index in [9.17, 15) is 14.4 Å². The van der Waals surface area contributed by atoms with Gasteiger partial charge < -0.3 is 14.3 Å². The van der Waals surface area contributed by atoms with Crippen LogP contribution in [0.1, 0.15) is 26.3 Å². The van der Waals surface area contributed by atoms with Crippen LogP contribution in [0.2, 0.25) is 0 Å². The number of amides is 1. The van der Waals surface area contributed by atoms with Gasteiger partial charge in [0.1, 0.15) is 12.6 Å². The van der Waals surface area contributed by atoms with Crippen LogP contribution in [0.4, 0.5) is 4.79 Å². The third kappa shape index (κ3) is 5.68. The molecule has 1 aromatic rings. The first-order chi connectivity index (χ1) is 12.7. The molecule has 1 heterocycles. The van der Waals surface area contributed by atoms with Crippen LogP contribution in [0.25, 0.3) is 0 Å². The number of piperazine rings is 1. The molecule has 0 bridgehead atoms. The monoisotopic (exact) mass is 378 g/mol. The van der Waals surface area contributed by atoms with Crippen LogP contribution >= 0.6 is 0 Å². The molecule has 148 valence electrons. The molecule has 0 saturated carbocycles. The summed E-state index contributed by atoms with van der Waals surface area (Å²) < 4.78 is 10.1. The molecule has 1 aromatic carbocycles. The number of esters is 1. The van der Waals surface area contributed by atoms with Crippen molar-refractivity contribution in [3.8, 4) is 0 Å². The predicted molar refractivity (Wildman–Crippen MR) is 96.3 cm³/mol. The standard InChI is InChI=1S/C19H26N2O6/c1-19(2,3)17(23)27-20-10-11-21(15(12-20)16(22)25-4)18(24)26-13-14-8-6-5-7-9-14/h5-9,15H,10-13H2,1-4H3/t15-/m1/s1. The fraction of sp³-hybridized carbons (Fsp3) is 0.526. The Morgan fingerprint density at radius 2 is 1.78 bits per heavy atom. The molecule has 1 atom stereocenters. The molecular weight excluding hydrogens is 352 g/mol. The third-order valence-electron chi connectivity index (χ3n) is 4.08. The Morgan fingerprint density at radius 3 is 2.37 bits per heavy atom. The van der Waals surface area contributed by atoms with E-state index >= 15 is 0 Å². The van der Waals surface area contributed by atoms with Gasteiger partial charge in [0.25, 0.3) is 0 Å². The van der Waals surface area contributed by atoms with Crippen molar-refractivity contribution in [2.24, 2.45) is 5.41 Å². The van der Waals surface area contributed by atoms with E-state index in [2.05, 4.69) is 0 Å². The fourth-order valence-corrected chi connectivity index (χ4v) is 2.45. The van der Waals surface area contributed by atoms with Crippen molar-refractivity contribution in [1.82, 2.24) is 9.96 Å². The van der Waals surface area contributed by atoms with E-state index in [4.69, 9.17) is 14.3 Å². The highest BCUT2D eigenvalue weighted by atomic mass is 16.7. The van der Waals surface area contributed by atoms with Crippen molar-refractivity contribution in [3.63, 3.8) is 0 Å². The van der Waals surface area contributed by atoms with Gasteiger partial charge in [0.05, 0.1) is 25.6 Å². The minimum absolute atomic E-state index is 0.0227. The Morgan fingerprint density at radius 1 is 1.11 bits per heavy atom. The first kappa shape index (κ1) is 20.7. The number of methoxy groups -OCH3 is 1. The average Bonchev–Trinajstić information content (AvgIpc) is 2.65. The molecule has 0 N–H and O–H groups in total. The number of hydroxylamine groups is 2. The van der Waals surface area contributed by atoms with Crippen molar-refractivity contribution in [1.29, 1.82) is 0 Å². The molecular formula is C19H26N2O6. The van der Waals surface area contributed by atoms with E-state index in [1.165, 1.54) is 17.1 Å². The molecule has 0 unspecified atom stereocenters. The van der Waals surface area contributed by atoms with Crippen LogP contribution in [0.15, 0.2) is 30.3 Å². The maximum Gasteiger partial charge on any atom is 0.410 e. The van der Waals surface area contributed by atoms with E-state index in [1.807, 2.05) is 30.3 Å². The Hall–Kier alpha value is -2.61. The van der Waals surface area contributed by atoms with Crippen LogP contribution in [-0.4, -0.2) is 60.8 Å². The maximum atomic E-state index is 12.5. The molecule has 2 rings (SSSR count). The topological polar surface area (TPSA) is 85.4 Å². The van der Waals surface area contributed by atoms with E-state index in [0.717, 1.165) is 5.56 Å². The third-order valence-corrected chi connectivity index (χ3v) is 4.08. The summed E-state index contributed by atoms with van der Waals surface area (Å²) in [5.74, 6) is -1.01. The number of benzene rings is 1. The summed E-state index contributed by atoms with van der Waals surface area (Å²) in [6.45, 7) is 5.79. The highest BCUT2D eigenvalue weighted by Crippen LogP contribution is 2.19. The predicted octanol–water partition coefficient (Wildman–Crippen LogP) is 1.99. The normalized spacial score (nSPS) is 17.9. The summed E-state index contributed by atoms with van der Waals surface area (Å²) in [4.78, 5) is 43.3. The lowest BCUT2D eigenvalue weighted by atomic mass is 9.98. The molecule has 8 heteroatoms. The van der Waals surface area contributed by atoms with Crippen LogP contribution in [0.3, 0.4) is 0 Å². The Balaban J connectivity index is 2.00. The van der Waals surface area contributed by atoms with Crippen LogP contribution < -0.4 is 0 Å². The number of carbonyl (C=O) groups excluding carboxylic acids is 3. The molecule has 0 radical (unpaired) electrons. The van der Waals surface area contributed by atoms with Gasteiger partial charge in [-0.2, -0.15) is 0 Å². The van der Waals surface area contributed by atoms with Crippen molar-refractivity contribution in [3.05, 3.63) is 35.9 Å². The van der Waals surface area contributed by atoms with E-state index in [-0.39, 0.29) is 26.2 Å². The quantitative estimate of drug-likeness (QED) is 0.741. The average molecular weight is 378 g/mol. The molecule has 1 saturated heterocycles. The molecule has 1 fully saturated rings. The largest absolute Gasteiger partial charge is 0.467 e. The second kappa shape index (κ2) is 8.85. The van der Waals surface area contributed by atoms with Crippen molar-refractivity contribution in [2.45, 2.75) is 33.4 Å². The second-order valence-corrected chi connectivity index (χ2v) is 7.29. The number of nitrogens with zero attached hydrogens (tertiary/aromatic N) is 2. The highest BCUT2D eigenvalue weighted by Gasteiger charge is 2.39. The van der Waals surface area contributed by atoms with Gasteiger partial charge in [-0.25, -0.2) is 14.4 Å². The number of ether oxygens (including phenoxy) is 2. The lowest BCUT2D eigenvalue weighted by molar-refractivity contribution is -0.212. The summed E-state index contributed by atoms with van der Waals surface area (Å²) in [5, 5.41) is 1.39. The highest BCUT2D eigenvalue weighted by molar-refractivity contribution is 5.82. The van der Waals surface area contributed by atoms with Gasteiger partial charge in [0, 0.05) is 6.54 Å². The van der Waals surface area contributed by atoms with Gasteiger partial charge in [-0.1, -0.05) is 30.3 Å². The molecule has 27 heavy (non-hydrogen) atoms. The zero-order chi connectivity index (χ0) is 20.0. The van der Waals surface area contributed by atoms with Gasteiger partial charge in [-0.15, -0.1) is 5.06 Å². The van der Waals surface area contributed by atoms with Gasteiger partial charge >= 0.3 is 18.0 Å². The Kier molecular flexibility index (Phi) is 6.79. The molecule has 1 amide bonds. The number of carbonyl (C=O) groups is 3. The molecule has 0 aromatic heterocycles. The summed E-state index contributed by atoms with van der Waals surface area (Å²) in [6, 6.07) is 8.34. The van der Waals surface area contributed by atoms with Crippen molar-refractivity contribution in [2.75, 3.05) is 26.7 Å². The SMILES string of the molecule is COC(=O)[C@H]1CN(OC(=O)C(C)(C)C)CCN1C(=O)OCc1ccccc1. The smallest absolute Gasteiger partial charge is 0.410 e. The summed E-state index contributed by atoms with van der Waals surface area (Å²) in [6.07, 6.45) is -0.615. The van der Waals surface area contributed by atoms with Gasteiger partial charge in [0.2, 0.25) is 0 Å².